The molecule has 0 aliphatic carbocycles. The SMILES string of the molecule is CCC(CC)c1nc2ccccc2n1-c1nc(-c2cccc3[nH]ccc23)nc(N2CCOCC2)n1. The van der Waals surface area contributed by atoms with E-state index in [1.165, 1.54) is 0 Å². The number of ether oxygens (including phenoxy) is 1. The van der Waals surface area contributed by atoms with Gasteiger partial charge in [-0.15, -0.1) is 0 Å². The fraction of sp³-hybridized carbons (Fsp3) is 0.333. The van der Waals surface area contributed by atoms with Crippen LogP contribution in [0.5, 0.6) is 0 Å². The number of nitrogens with zero attached hydrogens (tertiary/aromatic N) is 6. The fourth-order valence-corrected chi connectivity index (χ4v) is 4.94. The third kappa shape index (κ3) is 3.83. The van der Waals surface area contributed by atoms with Crippen LogP contribution < -0.4 is 4.90 Å². The van der Waals surface area contributed by atoms with Crippen molar-refractivity contribution in [1.29, 1.82) is 0 Å². The van der Waals surface area contributed by atoms with Crippen LogP contribution in [0.25, 0.3) is 39.3 Å². The van der Waals surface area contributed by atoms with Crippen LogP contribution in [-0.2, 0) is 4.74 Å². The molecule has 1 aliphatic rings. The third-order valence-electron chi connectivity index (χ3n) is 6.88. The normalized spacial score (nSPS) is 14.4. The summed E-state index contributed by atoms with van der Waals surface area (Å²) in [6, 6.07) is 16.5. The summed E-state index contributed by atoms with van der Waals surface area (Å²) in [4.78, 5) is 25.6. The molecule has 3 aromatic heterocycles. The Labute approximate surface area is 204 Å². The second kappa shape index (κ2) is 9.11. The molecule has 178 valence electrons. The zero-order valence-corrected chi connectivity index (χ0v) is 20.1. The number of aromatic nitrogens is 6. The van der Waals surface area contributed by atoms with E-state index in [0.717, 1.165) is 59.3 Å². The lowest BCUT2D eigenvalue weighted by Gasteiger charge is -2.27. The first-order chi connectivity index (χ1) is 17.3. The van der Waals surface area contributed by atoms with Gasteiger partial charge in [0.2, 0.25) is 11.9 Å². The van der Waals surface area contributed by atoms with Crippen molar-refractivity contribution < 1.29 is 4.74 Å². The summed E-state index contributed by atoms with van der Waals surface area (Å²) < 4.78 is 7.73. The highest BCUT2D eigenvalue weighted by atomic mass is 16.5. The Bertz CT molecular complexity index is 1480. The van der Waals surface area contributed by atoms with Gasteiger partial charge in [-0.3, -0.25) is 4.57 Å². The van der Waals surface area contributed by atoms with Crippen LogP contribution in [0.2, 0.25) is 0 Å². The summed E-state index contributed by atoms with van der Waals surface area (Å²) >= 11 is 0. The minimum atomic E-state index is 0.308. The summed E-state index contributed by atoms with van der Waals surface area (Å²) in [6.07, 6.45) is 3.95. The Hall–Kier alpha value is -3.78. The van der Waals surface area contributed by atoms with Crippen molar-refractivity contribution in [2.45, 2.75) is 32.6 Å². The Morgan fingerprint density at radius 3 is 2.51 bits per heavy atom. The molecule has 0 saturated carbocycles. The molecular formula is C27H29N7O. The van der Waals surface area contributed by atoms with Gasteiger partial charge in [0, 0.05) is 41.7 Å². The Morgan fingerprint density at radius 1 is 0.886 bits per heavy atom. The lowest BCUT2D eigenvalue weighted by atomic mass is 10.0. The number of benzene rings is 2. The second-order valence-corrected chi connectivity index (χ2v) is 8.91. The highest BCUT2D eigenvalue weighted by Gasteiger charge is 2.24. The number of para-hydroxylation sites is 2. The van der Waals surface area contributed by atoms with Crippen molar-refractivity contribution in [2.24, 2.45) is 0 Å². The van der Waals surface area contributed by atoms with Gasteiger partial charge in [0.05, 0.1) is 24.2 Å². The molecule has 0 atom stereocenters. The average Bonchev–Trinajstić information content (AvgIpc) is 3.54. The van der Waals surface area contributed by atoms with Gasteiger partial charge < -0.3 is 14.6 Å². The first-order valence-corrected chi connectivity index (χ1v) is 12.4. The second-order valence-electron chi connectivity index (χ2n) is 8.91. The molecule has 8 heteroatoms. The molecule has 8 nitrogen and oxygen atoms in total. The van der Waals surface area contributed by atoms with Crippen LogP contribution in [0, 0.1) is 0 Å². The van der Waals surface area contributed by atoms with Crippen molar-refractivity contribution in [3.63, 3.8) is 0 Å². The fourth-order valence-electron chi connectivity index (χ4n) is 4.94. The summed E-state index contributed by atoms with van der Waals surface area (Å²) in [7, 11) is 0. The van der Waals surface area contributed by atoms with Crippen LogP contribution in [0.4, 0.5) is 5.95 Å². The molecule has 5 aromatic rings. The molecule has 0 spiro atoms. The van der Waals surface area contributed by atoms with Crippen molar-refractivity contribution in [3.05, 3.63) is 60.6 Å². The Balaban J connectivity index is 1.61. The van der Waals surface area contributed by atoms with E-state index < -0.39 is 0 Å². The number of hydrogen-bond donors (Lipinski definition) is 1. The van der Waals surface area contributed by atoms with Gasteiger partial charge in [-0.25, -0.2) is 4.98 Å². The van der Waals surface area contributed by atoms with E-state index in [4.69, 9.17) is 24.7 Å². The molecule has 0 amide bonds. The van der Waals surface area contributed by atoms with Crippen LogP contribution in [0.3, 0.4) is 0 Å². The van der Waals surface area contributed by atoms with Gasteiger partial charge in [0.1, 0.15) is 5.82 Å². The zero-order chi connectivity index (χ0) is 23.8. The van der Waals surface area contributed by atoms with Crippen molar-refractivity contribution in [2.75, 3.05) is 31.2 Å². The van der Waals surface area contributed by atoms with E-state index in [-0.39, 0.29) is 0 Å². The van der Waals surface area contributed by atoms with Gasteiger partial charge in [-0.05, 0) is 37.1 Å². The number of fused-ring (bicyclic) bond motifs is 2. The molecule has 1 fully saturated rings. The summed E-state index contributed by atoms with van der Waals surface area (Å²) in [6.45, 7) is 7.25. The lowest BCUT2D eigenvalue weighted by molar-refractivity contribution is 0.122. The largest absolute Gasteiger partial charge is 0.378 e. The molecular weight excluding hydrogens is 438 g/mol. The molecule has 4 heterocycles. The smallest absolute Gasteiger partial charge is 0.241 e. The molecule has 2 aromatic carbocycles. The van der Waals surface area contributed by atoms with E-state index in [2.05, 4.69) is 58.6 Å². The molecule has 35 heavy (non-hydrogen) atoms. The summed E-state index contributed by atoms with van der Waals surface area (Å²) in [5, 5.41) is 1.09. The molecule has 0 bridgehead atoms. The lowest BCUT2D eigenvalue weighted by Crippen LogP contribution is -2.37. The number of morpholine rings is 1. The van der Waals surface area contributed by atoms with Gasteiger partial charge in [0.15, 0.2) is 5.82 Å². The molecule has 1 aliphatic heterocycles. The predicted octanol–water partition coefficient (Wildman–Crippen LogP) is 5.10. The average molecular weight is 468 g/mol. The number of imidazole rings is 1. The minimum absolute atomic E-state index is 0.308. The number of hydrogen-bond acceptors (Lipinski definition) is 6. The van der Waals surface area contributed by atoms with E-state index in [1.54, 1.807) is 0 Å². The topological polar surface area (TPSA) is 84.8 Å². The van der Waals surface area contributed by atoms with Crippen LogP contribution in [0.15, 0.2) is 54.7 Å². The molecule has 6 rings (SSSR count). The van der Waals surface area contributed by atoms with E-state index in [1.807, 2.05) is 24.4 Å². The van der Waals surface area contributed by atoms with Gasteiger partial charge in [0.25, 0.3) is 0 Å². The Morgan fingerprint density at radius 2 is 1.69 bits per heavy atom. The number of aromatic amines is 1. The number of H-pyrrole nitrogens is 1. The van der Waals surface area contributed by atoms with Gasteiger partial charge in [-0.1, -0.05) is 38.1 Å². The van der Waals surface area contributed by atoms with Crippen molar-refractivity contribution >= 4 is 27.9 Å². The van der Waals surface area contributed by atoms with Gasteiger partial charge in [-0.2, -0.15) is 15.0 Å². The van der Waals surface area contributed by atoms with Gasteiger partial charge >= 0.3 is 0 Å². The van der Waals surface area contributed by atoms with Crippen LogP contribution in [0.1, 0.15) is 38.4 Å². The molecule has 0 radical (unpaired) electrons. The number of anilines is 1. The Kier molecular flexibility index (Phi) is 5.66. The zero-order valence-electron chi connectivity index (χ0n) is 20.1. The maximum atomic E-state index is 5.59. The number of nitrogens with one attached hydrogen (secondary N) is 1. The number of rotatable bonds is 6. The van der Waals surface area contributed by atoms with Crippen molar-refractivity contribution in [1.82, 2.24) is 29.5 Å². The van der Waals surface area contributed by atoms with Crippen molar-refractivity contribution in [3.8, 4) is 17.3 Å². The maximum absolute atomic E-state index is 5.59. The van der Waals surface area contributed by atoms with Crippen LogP contribution >= 0.6 is 0 Å². The van der Waals surface area contributed by atoms with E-state index >= 15 is 0 Å². The molecule has 1 N–H and O–H groups in total. The molecule has 0 unspecified atom stereocenters. The monoisotopic (exact) mass is 467 g/mol. The molecule has 1 saturated heterocycles. The van der Waals surface area contributed by atoms with E-state index in [0.29, 0.717) is 36.9 Å². The quantitative estimate of drug-likeness (QED) is 0.374. The first-order valence-electron chi connectivity index (χ1n) is 12.4. The van der Waals surface area contributed by atoms with E-state index in [9.17, 15) is 0 Å². The maximum Gasteiger partial charge on any atom is 0.241 e. The highest BCUT2D eigenvalue weighted by Crippen LogP contribution is 2.31. The minimum Gasteiger partial charge on any atom is -0.378 e. The summed E-state index contributed by atoms with van der Waals surface area (Å²) in [5.41, 5.74) is 4.01. The van der Waals surface area contributed by atoms with Crippen LogP contribution in [-0.4, -0.2) is 55.8 Å². The standard InChI is InChI=1S/C27H29N7O/c1-3-18(4-2)25-29-22-9-5-6-11-23(22)34(25)27-31-24(20-8-7-10-21-19(20)12-13-28-21)30-26(32-27)33-14-16-35-17-15-33/h5-13,18,28H,3-4,14-17H2,1-2H3. The third-order valence-corrected chi connectivity index (χ3v) is 6.88. The predicted molar refractivity (Wildman–Crippen MR) is 138 cm³/mol. The summed E-state index contributed by atoms with van der Waals surface area (Å²) in [5.74, 6) is 3.26. The first kappa shape index (κ1) is 21.7. The highest BCUT2D eigenvalue weighted by molar-refractivity contribution is 5.93.